The fourth-order valence-electron chi connectivity index (χ4n) is 2.11. The number of nitrogens with one attached hydrogen (secondary N) is 1. The largest absolute Gasteiger partial charge is 0.492 e. The number of hydrogen-bond donors (Lipinski definition) is 1. The Hall–Kier alpha value is -1.97. The summed E-state index contributed by atoms with van der Waals surface area (Å²) in [7, 11) is 0. The van der Waals surface area contributed by atoms with E-state index in [1.54, 1.807) is 6.07 Å². The molecular weight excluding hydrogens is 255 g/mol. The van der Waals surface area contributed by atoms with Crippen LogP contribution in [-0.4, -0.2) is 11.2 Å². The maximum Gasteiger partial charge on any atom is 0.145 e. The third-order valence-corrected chi connectivity index (χ3v) is 3.02. The fraction of sp³-hybridized carbons (Fsp3) is 0.375. The van der Waals surface area contributed by atoms with E-state index in [1.807, 2.05) is 6.92 Å². The van der Waals surface area contributed by atoms with E-state index in [4.69, 9.17) is 4.74 Å². The number of anilines is 1. The minimum absolute atomic E-state index is 0.284. The third-order valence-electron chi connectivity index (χ3n) is 3.02. The van der Waals surface area contributed by atoms with Gasteiger partial charge in [-0.25, -0.2) is 4.39 Å². The van der Waals surface area contributed by atoms with E-state index in [2.05, 4.69) is 35.3 Å². The van der Waals surface area contributed by atoms with E-state index in [1.165, 1.54) is 17.7 Å². The van der Waals surface area contributed by atoms with Gasteiger partial charge in [0.25, 0.3) is 0 Å². The summed E-state index contributed by atoms with van der Waals surface area (Å²) < 4.78 is 20.8. The molecule has 0 atom stereocenters. The molecule has 0 aliphatic carbocycles. The number of ether oxygens (including phenoxy) is 1. The van der Waals surface area contributed by atoms with Gasteiger partial charge in [0, 0.05) is 31.5 Å². The maximum absolute atomic E-state index is 13.2. The van der Waals surface area contributed by atoms with E-state index < -0.39 is 0 Å². The van der Waals surface area contributed by atoms with Gasteiger partial charge in [-0.3, -0.25) is 0 Å². The first-order chi connectivity index (χ1) is 9.72. The molecule has 0 saturated carbocycles. The van der Waals surface area contributed by atoms with Gasteiger partial charge < -0.3 is 14.6 Å². The Labute approximate surface area is 119 Å². The summed E-state index contributed by atoms with van der Waals surface area (Å²) >= 11 is 0. The van der Waals surface area contributed by atoms with Crippen LogP contribution in [0, 0.1) is 5.82 Å². The molecule has 2 aromatic rings. The van der Waals surface area contributed by atoms with Gasteiger partial charge in [0.15, 0.2) is 0 Å². The quantitative estimate of drug-likeness (QED) is 0.825. The van der Waals surface area contributed by atoms with Crippen LogP contribution in [0.4, 0.5) is 10.1 Å². The third kappa shape index (κ3) is 3.76. The number of aromatic nitrogens is 1. The monoisotopic (exact) mass is 276 g/mol. The highest BCUT2D eigenvalue weighted by molar-refractivity contribution is 5.56. The summed E-state index contributed by atoms with van der Waals surface area (Å²) in [6.07, 6.45) is 5.32. The number of nitrogens with zero attached hydrogens (tertiary/aromatic N) is 1. The summed E-state index contributed by atoms with van der Waals surface area (Å²) in [4.78, 5) is 0. The van der Waals surface area contributed by atoms with Crippen molar-refractivity contribution >= 4 is 5.69 Å². The van der Waals surface area contributed by atoms with Crippen molar-refractivity contribution in [2.24, 2.45) is 0 Å². The molecule has 0 aliphatic heterocycles. The molecule has 1 heterocycles. The molecule has 20 heavy (non-hydrogen) atoms. The molecule has 108 valence electrons. The zero-order chi connectivity index (χ0) is 14.4. The smallest absolute Gasteiger partial charge is 0.145 e. The first-order valence-electron chi connectivity index (χ1n) is 7.03. The fourth-order valence-corrected chi connectivity index (χ4v) is 2.11. The molecule has 2 rings (SSSR count). The van der Waals surface area contributed by atoms with Gasteiger partial charge >= 0.3 is 0 Å². The Bertz CT molecular complexity index is 551. The van der Waals surface area contributed by atoms with Crippen LogP contribution in [0.2, 0.25) is 0 Å². The summed E-state index contributed by atoms with van der Waals surface area (Å²) in [6.45, 7) is 6.29. The van der Waals surface area contributed by atoms with Crippen molar-refractivity contribution in [2.75, 3.05) is 11.9 Å². The second-order valence-electron chi connectivity index (χ2n) is 4.68. The lowest BCUT2D eigenvalue weighted by atomic mass is 10.2. The maximum atomic E-state index is 13.2. The highest BCUT2D eigenvalue weighted by Crippen LogP contribution is 2.26. The summed E-state index contributed by atoms with van der Waals surface area (Å²) in [6, 6.07) is 6.65. The van der Waals surface area contributed by atoms with Crippen LogP contribution < -0.4 is 10.1 Å². The number of rotatable bonds is 7. The molecule has 0 aliphatic rings. The van der Waals surface area contributed by atoms with Gasteiger partial charge in [0.05, 0.1) is 12.3 Å². The number of hydrogen-bond acceptors (Lipinski definition) is 2. The van der Waals surface area contributed by atoms with Gasteiger partial charge in [0.2, 0.25) is 0 Å². The van der Waals surface area contributed by atoms with Crippen molar-refractivity contribution in [1.82, 2.24) is 4.57 Å². The Morgan fingerprint density at radius 3 is 2.85 bits per heavy atom. The first-order valence-corrected chi connectivity index (χ1v) is 7.03. The topological polar surface area (TPSA) is 26.2 Å². The van der Waals surface area contributed by atoms with Crippen molar-refractivity contribution in [2.45, 2.75) is 33.4 Å². The molecule has 0 unspecified atom stereocenters. The number of halogens is 1. The molecule has 0 amide bonds. The second-order valence-corrected chi connectivity index (χ2v) is 4.68. The second kappa shape index (κ2) is 6.98. The lowest BCUT2D eigenvalue weighted by molar-refractivity contribution is 0.340. The molecule has 0 saturated heterocycles. The predicted octanol–water partition coefficient (Wildman–Crippen LogP) is 4.05. The van der Waals surface area contributed by atoms with Crippen molar-refractivity contribution < 1.29 is 9.13 Å². The van der Waals surface area contributed by atoms with Crippen LogP contribution in [0.25, 0.3) is 0 Å². The Morgan fingerprint density at radius 2 is 2.10 bits per heavy atom. The van der Waals surface area contributed by atoms with E-state index in [0.717, 1.165) is 18.7 Å². The average Bonchev–Trinajstić information content (AvgIpc) is 2.86. The van der Waals surface area contributed by atoms with Gasteiger partial charge in [-0.1, -0.05) is 6.92 Å². The molecule has 4 heteroatoms. The summed E-state index contributed by atoms with van der Waals surface area (Å²) in [5, 5.41) is 3.29. The molecule has 3 nitrogen and oxygen atoms in total. The van der Waals surface area contributed by atoms with Crippen molar-refractivity contribution in [3.63, 3.8) is 0 Å². The molecule has 0 fully saturated rings. The van der Waals surface area contributed by atoms with Crippen LogP contribution in [0.5, 0.6) is 5.75 Å². The summed E-state index contributed by atoms with van der Waals surface area (Å²) in [5.74, 6) is 0.272. The SMILES string of the molecule is CCCn1ccc(CNc2ccc(F)cc2OCC)c1. The molecular formula is C16H21FN2O. The molecule has 0 spiro atoms. The lowest BCUT2D eigenvalue weighted by Crippen LogP contribution is -2.03. The zero-order valence-corrected chi connectivity index (χ0v) is 12.0. The molecule has 1 N–H and O–H groups in total. The van der Waals surface area contributed by atoms with Crippen molar-refractivity contribution in [3.8, 4) is 5.75 Å². The molecule has 1 aromatic carbocycles. The van der Waals surface area contributed by atoms with Gasteiger partial charge in [-0.15, -0.1) is 0 Å². The first kappa shape index (κ1) is 14.4. The predicted molar refractivity (Wildman–Crippen MR) is 79.6 cm³/mol. The number of aryl methyl sites for hydroxylation is 1. The summed E-state index contributed by atoms with van der Waals surface area (Å²) in [5.41, 5.74) is 2.02. The van der Waals surface area contributed by atoms with Crippen molar-refractivity contribution in [3.05, 3.63) is 48.0 Å². The highest BCUT2D eigenvalue weighted by atomic mass is 19.1. The average molecular weight is 276 g/mol. The molecule has 0 radical (unpaired) electrons. The Balaban J connectivity index is 2.02. The van der Waals surface area contributed by atoms with Crippen LogP contribution in [-0.2, 0) is 13.1 Å². The number of benzene rings is 1. The van der Waals surface area contributed by atoms with Gasteiger partial charge in [-0.05, 0) is 37.1 Å². The highest BCUT2D eigenvalue weighted by Gasteiger charge is 2.05. The minimum Gasteiger partial charge on any atom is -0.492 e. The van der Waals surface area contributed by atoms with E-state index in [0.29, 0.717) is 18.9 Å². The van der Waals surface area contributed by atoms with Crippen LogP contribution in [0.1, 0.15) is 25.8 Å². The lowest BCUT2D eigenvalue weighted by Gasteiger charge is -2.12. The van der Waals surface area contributed by atoms with E-state index in [-0.39, 0.29) is 5.82 Å². The minimum atomic E-state index is -0.284. The normalized spacial score (nSPS) is 10.6. The molecule has 1 aromatic heterocycles. The van der Waals surface area contributed by atoms with Crippen LogP contribution >= 0.6 is 0 Å². The Morgan fingerprint density at radius 1 is 1.25 bits per heavy atom. The Kier molecular flexibility index (Phi) is 5.04. The molecule has 0 bridgehead atoms. The standard InChI is InChI=1S/C16H21FN2O/c1-3-8-19-9-7-13(12-19)11-18-15-6-5-14(17)10-16(15)20-4-2/h5-7,9-10,12,18H,3-4,8,11H2,1-2H3. The van der Waals surface area contributed by atoms with E-state index >= 15 is 0 Å². The van der Waals surface area contributed by atoms with E-state index in [9.17, 15) is 4.39 Å². The van der Waals surface area contributed by atoms with Gasteiger partial charge in [0.1, 0.15) is 11.6 Å². The van der Waals surface area contributed by atoms with Gasteiger partial charge in [-0.2, -0.15) is 0 Å². The van der Waals surface area contributed by atoms with Crippen molar-refractivity contribution in [1.29, 1.82) is 0 Å². The zero-order valence-electron chi connectivity index (χ0n) is 12.0. The van der Waals surface area contributed by atoms with Crippen LogP contribution in [0.3, 0.4) is 0 Å². The van der Waals surface area contributed by atoms with Crippen LogP contribution in [0.15, 0.2) is 36.7 Å².